The molecule has 84 valence electrons. The van der Waals surface area contributed by atoms with Crippen molar-refractivity contribution >= 4 is 10.9 Å². The van der Waals surface area contributed by atoms with Gasteiger partial charge in [0.05, 0.1) is 10.9 Å². The highest BCUT2D eigenvalue weighted by Gasteiger charge is 2.08. The second-order valence-electron chi connectivity index (χ2n) is 3.84. The Morgan fingerprint density at radius 2 is 2.00 bits per heavy atom. The van der Waals surface area contributed by atoms with Crippen molar-refractivity contribution < 1.29 is 4.42 Å². The average Bonchev–Trinajstić information content (AvgIpc) is 2.76. The van der Waals surface area contributed by atoms with Crippen molar-refractivity contribution in [1.82, 2.24) is 9.97 Å². The van der Waals surface area contributed by atoms with Crippen LogP contribution in [0, 0.1) is 6.92 Å². The average molecular weight is 226 g/mol. The van der Waals surface area contributed by atoms with E-state index < -0.39 is 0 Å². The number of H-pyrrole nitrogens is 1. The molecule has 4 nitrogen and oxygen atoms in total. The number of aryl methyl sites for hydroxylation is 1. The highest BCUT2D eigenvalue weighted by Crippen LogP contribution is 2.18. The van der Waals surface area contributed by atoms with E-state index in [1.54, 1.807) is 12.1 Å². The molecule has 0 radical (unpaired) electrons. The maximum atomic E-state index is 11.8. The Morgan fingerprint density at radius 1 is 1.18 bits per heavy atom. The Hall–Kier alpha value is -2.36. The fraction of sp³-hybridized carbons (Fsp3) is 0.0769. The van der Waals surface area contributed by atoms with E-state index >= 15 is 0 Å². The van der Waals surface area contributed by atoms with Gasteiger partial charge in [-0.25, -0.2) is 4.98 Å². The molecule has 0 saturated heterocycles. The molecule has 0 fully saturated rings. The molecule has 0 spiro atoms. The summed E-state index contributed by atoms with van der Waals surface area (Å²) in [6, 6.07) is 10.9. The van der Waals surface area contributed by atoms with Gasteiger partial charge in [0.25, 0.3) is 5.56 Å². The van der Waals surface area contributed by atoms with E-state index in [1.807, 2.05) is 31.2 Å². The van der Waals surface area contributed by atoms with Crippen molar-refractivity contribution in [2.75, 3.05) is 0 Å². The number of rotatable bonds is 1. The van der Waals surface area contributed by atoms with Gasteiger partial charge in [0.15, 0.2) is 11.6 Å². The molecule has 1 aromatic carbocycles. The maximum absolute atomic E-state index is 11.8. The van der Waals surface area contributed by atoms with Gasteiger partial charge in [0.2, 0.25) is 0 Å². The van der Waals surface area contributed by atoms with Crippen LogP contribution in [0.1, 0.15) is 5.76 Å². The van der Waals surface area contributed by atoms with Crippen LogP contribution in [-0.2, 0) is 0 Å². The lowest BCUT2D eigenvalue weighted by atomic mass is 10.2. The number of fused-ring (bicyclic) bond motifs is 1. The fourth-order valence-corrected chi connectivity index (χ4v) is 1.76. The van der Waals surface area contributed by atoms with Crippen molar-refractivity contribution in [2.45, 2.75) is 6.92 Å². The first kappa shape index (κ1) is 9.84. The van der Waals surface area contributed by atoms with E-state index in [4.69, 9.17) is 4.42 Å². The van der Waals surface area contributed by atoms with Crippen LogP contribution in [0.15, 0.2) is 45.6 Å². The van der Waals surface area contributed by atoms with Crippen LogP contribution in [0.2, 0.25) is 0 Å². The second-order valence-corrected chi connectivity index (χ2v) is 3.84. The molecule has 2 heterocycles. The van der Waals surface area contributed by atoms with Gasteiger partial charge < -0.3 is 9.40 Å². The first-order chi connectivity index (χ1) is 8.24. The van der Waals surface area contributed by atoms with E-state index in [1.165, 1.54) is 0 Å². The number of aromatic amines is 1. The zero-order chi connectivity index (χ0) is 11.8. The van der Waals surface area contributed by atoms with Gasteiger partial charge in [-0.1, -0.05) is 12.1 Å². The standard InChI is InChI=1S/C13H10N2O2/c1-8-6-7-11(17-8)12-14-10-5-3-2-4-9(10)13(16)15-12/h2-7H,1H3,(H,14,15,16). The van der Waals surface area contributed by atoms with Gasteiger partial charge in [0.1, 0.15) is 5.76 Å². The van der Waals surface area contributed by atoms with Gasteiger partial charge in [-0.2, -0.15) is 0 Å². The minimum Gasteiger partial charge on any atom is -0.458 e. The summed E-state index contributed by atoms with van der Waals surface area (Å²) in [4.78, 5) is 18.9. The molecule has 1 N–H and O–H groups in total. The van der Waals surface area contributed by atoms with Crippen LogP contribution in [0.4, 0.5) is 0 Å². The van der Waals surface area contributed by atoms with Crippen LogP contribution < -0.4 is 5.56 Å². The predicted molar refractivity (Wildman–Crippen MR) is 64.8 cm³/mol. The second kappa shape index (κ2) is 3.59. The van der Waals surface area contributed by atoms with Gasteiger partial charge in [-0.3, -0.25) is 4.79 Å². The summed E-state index contributed by atoms with van der Waals surface area (Å²) >= 11 is 0. The molecular formula is C13H10N2O2. The lowest BCUT2D eigenvalue weighted by Gasteiger charge is -1.99. The third-order valence-corrected chi connectivity index (χ3v) is 2.59. The zero-order valence-electron chi connectivity index (χ0n) is 9.23. The highest BCUT2D eigenvalue weighted by atomic mass is 16.3. The molecule has 0 atom stereocenters. The largest absolute Gasteiger partial charge is 0.458 e. The molecule has 0 aliphatic heterocycles. The zero-order valence-corrected chi connectivity index (χ0v) is 9.23. The first-order valence-corrected chi connectivity index (χ1v) is 5.30. The van der Waals surface area contributed by atoms with Crippen LogP contribution in [-0.4, -0.2) is 9.97 Å². The molecule has 4 heteroatoms. The third kappa shape index (κ3) is 1.63. The van der Waals surface area contributed by atoms with Crippen LogP contribution >= 0.6 is 0 Å². The summed E-state index contributed by atoms with van der Waals surface area (Å²) in [6.07, 6.45) is 0. The number of hydrogen-bond donors (Lipinski definition) is 1. The van der Waals surface area contributed by atoms with Gasteiger partial charge in [-0.15, -0.1) is 0 Å². The molecule has 0 unspecified atom stereocenters. The number of aromatic nitrogens is 2. The molecular weight excluding hydrogens is 216 g/mol. The highest BCUT2D eigenvalue weighted by molar-refractivity contribution is 5.78. The number of nitrogens with zero attached hydrogens (tertiary/aromatic N) is 1. The van der Waals surface area contributed by atoms with Gasteiger partial charge in [-0.05, 0) is 31.2 Å². The Morgan fingerprint density at radius 3 is 2.76 bits per heavy atom. The monoisotopic (exact) mass is 226 g/mol. The number of hydrogen-bond acceptors (Lipinski definition) is 3. The molecule has 0 amide bonds. The van der Waals surface area contributed by atoms with Crippen LogP contribution in [0.3, 0.4) is 0 Å². The van der Waals surface area contributed by atoms with Crippen molar-refractivity contribution in [1.29, 1.82) is 0 Å². The summed E-state index contributed by atoms with van der Waals surface area (Å²) in [5, 5.41) is 0.583. The minimum absolute atomic E-state index is 0.153. The topological polar surface area (TPSA) is 58.9 Å². The molecule has 3 rings (SSSR count). The maximum Gasteiger partial charge on any atom is 0.259 e. The number of nitrogens with one attached hydrogen (secondary N) is 1. The molecule has 17 heavy (non-hydrogen) atoms. The summed E-state index contributed by atoms with van der Waals surface area (Å²) in [5.41, 5.74) is 0.514. The number of furan rings is 1. The molecule has 0 saturated carbocycles. The first-order valence-electron chi connectivity index (χ1n) is 5.30. The summed E-state index contributed by atoms with van der Waals surface area (Å²) in [5.74, 6) is 1.82. The van der Waals surface area contributed by atoms with E-state index in [0.717, 1.165) is 5.76 Å². The Labute approximate surface area is 96.9 Å². The Bertz CT molecular complexity index is 740. The Balaban J connectivity index is 2.29. The number of para-hydroxylation sites is 1. The van der Waals surface area contributed by atoms with Gasteiger partial charge in [0, 0.05) is 0 Å². The van der Waals surface area contributed by atoms with E-state index in [0.29, 0.717) is 22.5 Å². The normalized spacial score (nSPS) is 10.9. The molecule has 0 aliphatic carbocycles. The molecule has 0 aliphatic rings. The van der Waals surface area contributed by atoms with Gasteiger partial charge >= 0.3 is 0 Å². The quantitative estimate of drug-likeness (QED) is 0.693. The summed E-state index contributed by atoms with van der Waals surface area (Å²) in [6.45, 7) is 1.85. The molecule has 3 aromatic rings. The predicted octanol–water partition coefficient (Wildman–Crippen LogP) is 2.49. The smallest absolute Gasteiger partial charge is 0.259 e. The van der Waals surface area contributed by atoms with E-state index in [9.17, 15) is 4.79 Å². The molecule has 0 bridgehead atoms. The number of benzene rings is 1. The van der Waals surface area contributed by atoms with Crippen molar-refractivity contribution in [3.63, 3.8) is 0 Å². The van der Waals surface area contributed by atoms with Crippen molar-refractivity contribution in [2.24, 2.45) is 0 Å². The van der Waals surface area contributed by atoms with E-state index in [2.05, 4.69) is 9.97 Å². The van der Waals surface area contributed by atoms with Crippen LogP contribution in [0.5, 0.6) is 0 Å². The molecule has 2 aromatic heterocycles. The fourth-order valence-electron chi connectivity index (χ4n) is 1.76. The van der Waals surface area contributed by atoms with E-state index in [-0.39, 0.29) is 5.56 Å². The van der Waals surface area contributed by atoms with Crippen molar-refractivity contribution in [3.05, 3.63) is 52.5 Å². The third-order valence-electron chi connectivity index (χ3n) is 2.59. The SMILES string of the molecule is Cc1ccc(-c2nc3ccccc3c(=O)[nH]2)o1. The Kier molecular flexibility index (Phi) is 2.08. The summed E-state index contributed by atoms with van der Waals surface area (Å²) in [7, 11) is 0. The lowest BCUT2D eigenvalue weighted by molar-refractivity contribution is 0.544. The van der Waals surface area contributed by atoms with Crippen LogP contribution in [0.25, 0.3) is 22.5 Å². The lowest BCUT2D eigenvalue weighted by Crippen LogP contribution is -2.08. The minimum atomic E-state index is -0.153. The van der Waals surface area contributed by atoms with Crippen molar-refractivity contribution in [3.8, 4) is 11.6 Å². The summed E-state index contributed by atoms with van der Waals surface area (Å²) < 4.78 is 5.44.